The number of rotatable bonds is 58. The minimum Gasteiger partial charge on any atom is -0.756 e. The maximum absolute atomic E-state index is 13.5. The van der Waals surface area contributed by atoms with Gasteiger partial charge in [0.05, 0.1) is 33.8 Å². The van der Waals surface area contributed by atoms with Crippen LogP contribution in [0.4, 0.5) is 0 Å². The molecule has 0 spiro atoms. The van der Waals surface area contributed by atoms with Crippen LogP contribution in [0.5, 0.6) is 0 Å². The summed E-state index contributed by atoms with van der Waals surface area (Å²) in [4.78, 5) is 40.0. The number of allylic oxidation sites excluding steroid dienone is 3. The first-order valence-corrected chi connectivity index (χ1v) is 33.1. The highest BCUT2D eigenvalue weighted by atomic mass is 31.2. The number of nitrogens with zero attached hydrogens (tertiary/aromatic N) is 1. The van der Waals surface area contributed by atoms with Crippen molar-refractivity contribution in [2.75, 3.05) is 40.9 Å². The zero-order valence-corrected chi connectivity index (χ0v) is 50.3. The number of nitrogens with one attached hydrogen (secondary N) is 1. The number of phosphoric acid groups is 1. The van der Waals surface area contributed by atoms with Crippen LogP contribution < -0.4 is 10.2 Å². The Morgan fingerprint density at radius 1 is 0.466 bits per heavy atom. The standard InChI is InChI=1S/C63H123N2O7P/c1-7-10-13-16-19-22-25-28-29-30-31-32-33-34-35-38-40-43-46-49-52-55-62(66)64-60(59-71-73(68,69)70-58-57-65(4,5)6)61(54-51-48-45-42-39-36-26-23-20-17-14-11-8-2)72-63(67)56-53-50-47-44-41-37-27-24-21-18-15-12-9-3/h28-29,51,54,60-61H,7-27,30-50,52-53,55-59H2,1-6H3,(H-,64,66,68,69)/b29-28+,54-51-. The monoisotopic (exact) mass is 1050 g/mol. The number of ether oxygens (including phenoxy) is 1. The number of amides is 1. The van der Waals surface area contributed by atoms with Crippen molar-refractivity contribution in [2.24, 2.45) is 0 Å². The lowest BCUT2D eigenvalue weighted by Crippen LogP contribution is -2.47. The highest BCUT2D eigenvalue weighted by Crippen LogP contribution is 2.38. The molecule has 9 nitrogen and oxygen atoms in total. The van der Waals surface area contributed by atoms with E-state index in [0.717, 1.165) is 57.8 Å². The van der Waals surface area contributed by atoms with Crippen LogP contribution in [0.15, 0.2) is 24.3 Å². The number of hydrogen-bond donors (Lipinski definition) is 1. The number of carbonyl (C=O) groups is 2. The van der Waals surface area contributed by atoms with E-state index in [1.807, 2.05) is 33.3 Å². The fourth-order valence-electron chi connectivity index (χ4n) is 9.46. The van der Waals surface area contributed by atoms with Crippen molar-refractivity contribution in [3.63, 3.8) is 0 Å². The molecule has 432 valence electrons. The second kappa shape index (κ2) is 53.9. The molecule has 1 N–H and O–H groups in total. The molecular weight excluding hydrogens is 928 g/mol. The Labute approximate surface area is 454 Å². The molecule has 3 atom stereocenters. The fraction of sp³-hybridized carbons (Fsp3) is 0.905. The lowest BCUT2D eigenvalue weighted by atomic mass is 10.0. The molecule has 3 unspecified atom stereocenters. The van der Waals surface area contributed by atoms with Gasteiger partial charge in [0.2, 0.25) is 5.91 Å². The summed E-state index contributed by atoms with van der Waals surface area (Å²) in [6, 6.07) is -0.882. The first-order valence-electron chi connectivity index (χ1n) is 31.6. The third-order valence-corrected chi connectivity index (χ3v) is 15.3. The molecule has 10 heteroatoms. The smallest absolute Gasteiger partial charge is 0.306 e. The van der Waals surface area contributed by atoms with Crippen molar-refractivity contribution in [3.8, 4) is 0 Å². The Bertz CT molecular complexity index is 1300. The Balaban J connectivity index is 5.18. The number of unbranched alkanes of at least 4 members (excludes halogenated alkanes) is 40. The molecule has 0 aliphatic rings. The predicted molar refractivity (Wildman–Crippen MR) is 312 cm³/mol. The van der Waals surface area contributed by atoms with Crippen LogP contribution in [0.3, 0.4) is 0 Å². The number of hydrogen-bond acceptors (Lipinski definition) is 7. The van der Waals surface area contributed by atoms with Crippen LogP contribution >= 0.6 is 7.82 Å². The molecule has 0 fully saturated rings. The zero-order chi connectivity index (χ0) is 53.6. The van der Waals surface area contributed by atoms with Gasteiger partial charge in [-0.2, -0.15) is 0 Å². The van der Waals surface area contributed by atoms with E-state index in [2.05, 4.69) is 38.2 Å². The highest BCUT2D eigenvalue weighted by molar-refractivity contribution is 7.45. The molecule has 0 rings (SSSR count). The van der Waals surface area contributed by atoms with Gasteiger partial charge in [-0.1, -0.05) is 270 Å². The van der Waals surface area contributed by atoms with Gasteiger partial charge in [0, 0.05) is 12.8 Å². The quantitative estimate of drug-likeness (QED) is 0.0212. The van der Waals surface area contributed by atoms with Crippen LogP contribution in [-0.2, 0) is 27.9 Å². The van der Waals surface area contributed by atoms with Gasteiger partial charge in [0.1, 0.15) is 19.3 Å². The molecule has 0 aliphatic carbocycles. The maximum atomic E-state index is 13.5. The van der Waals surface area contributed by atoms with Crippen molar-refractivity contribution < 1.29 is 37.3 Å². The van der Waals surface area contributed by atoms with Gasteiger partial charge in [-0.05, 0) is 57.4 Å². The third kappa shape index (κ3) is 55.1. The van der Waals surface area contributed by atoms with Crippen LogP contribution in [0.25, 0.3) is 0 Å². The largest absolute Gasteiger partial charge is 0.756 e. The van der Waals surface area contributed by atoms with Gasteiger partial charge in [0.25, 0.3) is 7.82 Å². The molecule has 0 saturated heterocycles. The molecule has 73 heavy (non-hydrogen) atoms. The summed E-state index contributed by atoms with van der Waals surface area (Å²) in [5.74, 6) is -0.525. The molecule has 0 heterocycles. The number of esters is 1. The van der Waals surface area contributed by atoms with Crippen molar-refractivity contribution in [1.82, 2.24) is 5.32 Å². The Hall–Kier alpha value is -1.51. The molecular formula is C63H123N2O7P. The molecule has 1 amide bonds. The minimum absolute atomic E-state index is 0.0187. The van der Waals surface area contributed by atoms with Crippen LogP contribution in [0.2, 0.25) is 0 Å². The van der Waals surface area contributed by atoms with Crippen molar-refractivity contribution in [1.29, 1.82) is 0 Å². The van der Waals surface area contributed by atoms with Gasteiger partial charge in [-0.25, -0.2) is 0 Å². The number of likely N-dealkylation sites (N-methyl/N-ethyl adjacent to an activating group) is 1. The van der Waals surface area contributed by atoms with Crippen LogP contribution in [0.1, 0.15) is 316 Å². The summed E-state index contributed by atoms with van der Waals surface area (Å²) in [6.45, 7) is 6.88. The number of carbonyl (C=O) groups excluding carboxylic acids is 2. The Morgan fingerprint density at radius 3 is 1.16 bits per heavy atom. The van der Waals surface area contributed by atoms with E-state index in [9.17, 15) is 19.0 Å². The summed E-state index contributed by atoms with van der Waals surface area (Å²) in [7, 11) is 1.20. The van der Waals surface area contributed by atoms with E-state index in [1.165, 1.54) is 225 Å². The van der Waals surface area contributed by atoms with Gasteiger partial charge in [-0.3, -0.25) is 14.2 Å². The summed E-state index contributed by atoms with van der Waals surface area (Å²) < 4.78 is 30.3. The molecule has 0 aromatic carbocycles. The van der Waals surface area contributed by atoms with Crippen LogP contribution in [0, 0.1) is 0 Å². The SMILES string of the molecule is CCCCCCCC/C=C/CCCCCCCCCCCCCC(=O)NC(COP(=O)([O-])OCC[N+](C)(C)C)C(/C=C\CCCCCCCCCCCCC)OC(=O)CCCCCCCCCCCCCCC. The van der Waals surface area contributed by atoms with Crippen molar-refractivity contribution in [3.05, 3.63) is 24.3 Å². The van der Waals surface area contributed by atoms with Crippen molar-refractivity contribution in [2.45, 2.75) is 328 Å². The Kier molecular flexibility index (Phi) is 52.8. The summed E-state index contributed by atoms with van der Waals surface area (Å²) in [5, 5.41) is 3.04. The fourth-order valence-corrected chi connectivity index (χ4v) is 10.2. The van der Waals surface area contributed by atoms with Crippen LogP contribution in [-0.4, -0.2) is 69.4 Å². The van der Waals surface area contributed by atoms with E-state index < -0.39 is 20.0 Å². The third-order valence-electron chi connectivity index (χ3n) is 14.4. The molecule has 0 radical (unpaired) electrons. The normalized spacial score (nSPS) is 13.8. The first kappa shape index (κ1) is 71.5. The van der Waals surface area contributed by atoms with Gasteiger partial charge < -0.3 is 28.5 Å². The van der Waals surface area contributed by atoms with E-state index in [4.69, 9.17) is 13.8 Å². The van der Waals surface area contributed by atoms with E-state index in [-0.39, 0.29) is 31.5 Å². The van der Waals surface area contributed by atoms with Gasteiger partial charge in [0.15, 0.2) is 0 Å². The minimum atomic E-state index is -4.69. The molecule has 0 aromatic heterocycles. The molecule has 0 bridgehead atoms. The Morgan fingerprint density at radius 2 is 0.795 bits per heavy atom. The average Bonchev–Trinajstić information content (AvgIpc) is 3.35. The van der Waals surface area contributed by atoms with Crippen molar-refractivity contribution >= 4 is 19.7 Å². The number of quaternary nitrogens is 1. The lowest BCUT2D eigenvalue weighted by molar-refractivity contribution is -0.870. The predicted octanol–water partition coefficient (Wildman–Crippen LogP) is 18.7. The summed E-state index contributed by atoms with van der Waals surface area (Å²) in [5.41, 5.74) is 0. The topological polar surface area (TPSA) is 114 Å². The lowest BCUT2D eigenvalue weighted by Gasteiger charge is -2.30. The molecule has 0 saturated carbocycles. The number of phosphoric ester groups is 1. The molecule has 0 aromatic rings. The summed E-state index contributed by atoms with van der Waals surface area (Å²) in [6.07, 6.45) is 62.8. The summed E-state index contributed by atoms with van der Waals surface area (Å²) >= 11 is 0. The molecule has 0 aliphatic heterocycles. The highest BCUT2D eigenvalue weighted by Gasteiger charge is 2.27. The zero-order valence-electron chi connectivity index (χ0n) is 49.4. The van der Waals surface area contributed by atoms with E-state index in [0.29, 0.717) is 17.4 Å². The van der Waals surface area contributed by atoms with Gasteiger partial charge >= 0.3 is 5.97 Å². The average molecular weight is 1050 g/mol. The van der Waals surface area contributed by atoms with Gasteiger partial charge in [-0.15, -0.1) is 0 Å². The first-order chi connectivity index (χ1) is 35.4. The van der Waals surface area contributed by atoms with E-state index in [1.54, 1.807) is 0 Å². The van der Waals surface area contributed by atoms with E-state index >= 15 is 0 Å². The second-order valence-electron chi connectivity index (χ2n) is 22.9. The second-order valence-corrected chi connectivity index (χ2v) is 24.3. The maximum Gasteiger partial charge on any atom is 0.306 e.